The summed E-state index contributed by atoms with van der Waals surface area (Å²) in [6.07, 6.45) is 9.49. The largest absolute Gasteiger partial charge is 0.473 e. The van der Waals surface area contributed by atoms with Crippen LogP contribution in [-0.4, -0.2) is 16.5 Å². The summed E-state index contributed by atoms with van der Waals surface area (Å²) in [7, 11) is 0. The van der Waals surface area contributed by atoms with Crippen molar-refractivity contribution < 1.29 is 14.9 Å². The van der Waals surface area contributed by atoms with Crippen molar-refractivity contribution >= 4 is 0 Å². The monoisotopic (exact) mass is 216 g/mol. The van der Waals surface area contributed by atoms with Crippen molar-refractivity contribution in [2.75, 3.05) is 0 Å². The molecule has 90 valence electrons. The summed E-state index contributed by atoms with van der Waals surface area (Å²) in [5, 5.41) is 16.7. The molecule has 2 N–H and O–H groups in total. The van der Waals surface area contributed by atoms with Gasteiger partial charge in [-0.3, -0.25) is 0 Å². The van der Waals surface area contributed by atoms with Crippen molar-refractivity contribution in [1.29, 1.82) is 0 Å². The molecule has 0 aromatic heterocycles. The SMILES string of the molecule is CC=COC=CC.CCCCCC(O)O. The van der Waals surface area contributed by atoms with Crippen LogP contribution >= 0.6 is 0 Å². The third kappa shape index (κ3) is 24.6. The zero-order valence-corrected chi connectivity index (χ0v) is 10.0. The lowest BCUT2D eigenvalue weighted by molar-refractivity contribution is -0.0465. The fourth-order valence-corrected chi connectivity index (χ4v) is 0.779. The van der Waals surface area contributed by atoms with Crippen molar-refractivity contribution in [3.05, 3.63) is 24.7 Å². The molecule has 0 aliphatic heterocycles. The molecule has 0 atom stereocenters. The van der Waals surface area contributed by atoms with E-state index in [0.29, 0.717) is 6.42 Å². The number of ether oxygens (including phenoxy) is 1. The van der Waals surface area contributed by atoms with Crippen LogP contribution < -0.4 is 0 Å². The van der Waals surface area contributed by atoms with E-state index >= 15 is 0 Å². The summed E-state index contributed by atoms with van der Waals surface area (Å²) < 4.78 is 4.77. The van der Waals surface area contributed by atoms with Crippen LogP contribution in [0.2, 0.25) is 0 Å². The lowest BCUT2D eigenvalue weighted by Crippen LogP contribution is -2.02. The van der Waals surface area contributed by atoms with E-state index in [1.54, 1.807) is 12.5 Å². The van der Waals surface area contributed by atoms with Gasteiger partial charge in [0.2, 0.25) is 0 Å². The smallest absolute Gasteiger partial charge is 0.151 e. The van der Waals surface area contributed by atoms with E-state index < -0.39 is 6.29 Å². The fraction of sp³-hybridized carbons (Fsp3) is 0.667. The van der Waals surface area contributed by atoms with Gasteiger partial charge in [-0.2, -0.15) is 0 Å². The predicted molar refractivity (Wildman–Crippen MR) is 63.1 cm³/mol. The molecule has 0 aromatic carbocycles. The van der Waals surface area contributed by atoms with Crippen LogP contribution in [0.4, 0.5) is 0 Å². The highest BCUT2D eigenvalue weighted by Gasteiger charge is 1.93. The van der Waals surface area contributed by atoms with Gasteiger partial charge in [-0.25, -0.2) is 0 Å². The first-order valence-electron chi connectivity index (χ1n) is 5.42. The lowest BCUT2D eigenvalue weighted by atomic mass is 10.2. The lowest BCUT2D eigenvalue weighted by Gasteiger charge is -1.99. The average molecular weight is 216 g/mol. The fourth-order valence-electron chi connectivity index (χ4n) is 0.779. The number of hydrogen-bond donors (Lipinski definition) is 2. The van der Waals surface area contributed by atoms with Crippen LogP contribution in [0.1, 0.15) is 46.5 Å². The zero-order chi connectivity index (χ0) is 11.9. The molecule has 3 heteroatoms. The summed E-state index contributed by atoms with van der Waals surface area (Å²) in [6.45, 7) is 5.90. The standard InChI is InChI=1S/C6H14O2.C6H10O/c1-2-3-4-5-6(7)8;1-3-5-7-6-4-2/h6-8H,2-5H2,1H3;3-6H,1-2H3. The van der Waals surface area contributed by atoms with Gasteiger partial charge >= 0.3 is 0 Å². The van der Waals surface area contributed by atoms with E-state index in [2.05, 4.69) is 6.92 Å². The molecule has 0 rings (SSSR count). The molecule has 0 saturated heterocycles. The molecule has 0 spiro atoms. The Morgan fingerprint density at radius 2 is 1.60 bits per heavy atom. The molecular formula is C12H24O3. The summed E-state index contributed by atoms with van der Waals surface area (Å²) in [4.78, 5) is 0. The maximum atomic E-state index is 8.33. The maximum absolute atomic E-state index is 8.33. The number of hydrogen-bond acceptors (Lipinski definition) is 3. The van der Waals surface area contributed by atoms with Crippen LogP contribution in [0.5, 0.6) is 0 Å². The Bertz CT molecular complexity index is 141. The molecule has 0 unspecified atom stereocenters. The number of aliphatic hydroxyl groups is 2. The van der Waals surface area contributed by atoms with Crippen LogP contribution in [0, 0.1) is 0 Å². The molecule has 0 aliphatic rings. The van der Waals surface area contributed by atoms with Crippen LogP contribution in [0.3, 0.4) is 0 Å². The second-order valence-electron chi connectivity index (χ2n) is 3.05. The van der Waals surface area contributed by atoms with Crippen molar-refractivity contribution in [1.82, 2.24) is 0 Å². The molecule has 0 fully saturated rings. The molecule has 3 nitrogen and oxygen atoms in total. The minimum atomic E-state index is -1.10. The average Bonchev–Trinajstić information content (AvgIpc) is 2.20. The Balaban J connectivity index is 0. The van der Waals surface area contributed by atoms with Gasteiger partial charge < -0.3 is 14.9 Å². The first-order valence-corrected chi connectivity index (χ1v) is 5.42. The Hall–Kier alpha value is -0.800. The maximum Gasteiger partial charge on any atom is 0.151 e. The Morgan fingerprint density at radius 3 is 1.93 bits per heavy atom. The van der Waals surface area contributed by atoms with E-state index in [0.717, 1.165) is 19.3 Å². The quantitative estimate of drug-likeness (QED) is 0.408. The van der Waals surface area contributed by atoms with Crippen molar-refractivity contribution in [2.45, 2.75) is 52.7 Å². The highest BCUT2D eigenvalue weighted by Crippen LogP contribution is 1.99. The van der Waals surface area contributed by atoms with Crippen molar-refractivity contribution in [3.63, 3.8) is 0 Å². The molecular weight excluding hydrogens is 192 g/mol. The molecule has 0 radical (unpaired) electrons. The first-order chi connectivity index (χ1) is 7.18. The molecule has 0 saturated carbocycles. The highest BCUT2D eigenvalue weighted by atomic mass is 16.5. The van der Waals surface area contributed by atoms with Crippen LogP contribution in [0.25, 0.3) is 0 Å². The number of aliphatic hydroxyl groups excluding tert-OH is 1. The summed E-state index contributed by atoms with van der Waals surface area (Å²) in [5.41, 5.74) is 0. The minimum Gasteiger partial charge on any atom is -0.473 e. The zero-order valence-electron chi connectivity index (χ0n) is 10.0. The van der Waals surface area contributed by atoms with Crippen molar-refractivity contribution in [2.24, 2.45) is 0 Å². The van der Waals surface area contributed by atoms with Gasteiger partial charge in [-0.1, -0.05) is 31.9 Å². The van der Waals surface area contributed by atoms with Gasteiger partial charge in [0.25, 0.3) is 0 Å². The van der Waals surface area contributed by atoms with E-state index in [1.165, 1.54) is 0 Å². The van der Waals surface area contributed by atoms with E-state index in [9.17, 15) is 0 Å². The Labute approximate surface area is 93.1 Å². The topological polar surface area (TPSA) is 49.7 Å². The second kappa shape index (κ2) is 15.7. The Morgan fingerprint density at radius 1 is 1.07 bits per heavy atom. The van der Waals surface area contributed by atoms with Crippen molar-refractivity contribution in [3.8, 4) is 0 Å². The Kier molecular flexibility index (Phi) is 17.4. The van der Waals surface area contributed by atoms with Gasteiger partial charge in [0.1, 0.15) is 0 Å². The molecule has 0 amide bonds. The third-order valence-corrected chi connectivity index (χ3v) is 1.50. The normalized spacial score (nSPS) is 10.8. The third-order valence-electron chi connectivity index (χ3n) is 1.50. The number of allylic oxidation sites excluding steroid dienone is 2. The number of unbranched alkanes of at least 4 members (excludes halogenated alkanes) is 2. The van der Waals surface area contributed by atoms with Gasteiger partial charge in [-0.05, 0) is 26.7 Å². The summed E-state index contributed by atoms with van der Waals surface area (Å²) in [6, 6.07) is 0. The van der Waals surface area contributed by atoms with E-state index in [1.807, 2.05) is 26.0 Å². The van der Waals surface area contributed by atoms with Gasteiger partial charge in [-0.15, -0.1) is 0 Å². The van der Waals surface area contributed by atoms with Crippen LogP contribution in [0.15, 0.2) is 24.7 Å². The minimum absolute atomic E-state index is 0.522. The molecule has 0 bridgehead atoms. The predicted octanol–water partition coefficient (Wildman–Crippen LogP) is 2.95. The summed E-state index contributed by atoms with van der Waals surface area (Å²) >= 11 is 0. The molecule has 0 aromatic rings. The summed E-state index contributed by atoms with van der Waals surface area (Å²) in [5.74, 6) is 0. The van der Waals surface area contributed by atoms with E-state index in [4.69, 9.17) is 14.9 Å². The van der Waals surface area contributed by atoms with Gasteiger partial charge in [0.05, 0.1) is 12.5 Å². The molecule has 0 aliphatic carbocycles. The molecule has 15 heavy (non-hydrogen) atoms. The second-order valence-corrected chi connectivity index (χ2v) is 3.05. The van der Waals surface area contributed by atoms with Gasteiger partial charge in [0.15, 0.2) is 6.29 Å². The number of rotatable bonds is 6. The van der Waals surface area contributed by atoms with Gasteiger partial charge in [0, 0.05) is 0 Å². The van der Waals surface area contributed by atoms with E-state index in [-0.39, 0.29) is 0 Å². The highest BCUT2D eigenvalue weighted by molar-refractivity contribution is 4.73. The first kappa shape index (κ1) is 16.6. The van der Waals surface area contributed by atoms with Crippen LogP contribution in [-0.2, 0) is 4.74 Å². The molecule has 0 heterocycles.